The maximum atomic E-state index is 11.6. The van der Waals surface area contributed by atoms with Gasteiger partial charge in [0.2, 0.25) is 11.8 Å². The molecular formula is C13H21N3O5. The molecule has 0 heterocycles. The van der Waals surface area contributed by atoms with Gasteiger partial charge in [-0.25, -0.2) is 0 Å². The molecule has 0 aliphatic rings. The fraction of sp³-hybridized carbons (Fsp3) is 0.538. The van der Waals surface area contributed by atoms with Gasteiger partial charge in [-0.2, -0.15) is 0 Å². The summed E-state index contributed by atoms with van der Waals surface area (Å²) in [6, 6.07) is 0. The summed E-state index contributed by atoms with van der Waals surface area (Å²) in [6.45, 7) is 9.13. The summed E-state index contributed by atoms with van der Waals surface area (Å²) in [4.78, 5) is 44.9. The van der Waals surface area contributed by atoms with Crippen LogP contribution < -0.4 is 16.0 Å². The Balaban J connectivity index is 4.11. The van der Waals surface area contributed by atoms with Crippen molar-refractivity contribution in [3.05, 3.63) is 12.3 Å². The Bertz CT molecular complexity index is 451. The molecule has 21 heavy (non-hydrogen) atoms. The third-order valence-electron chi connectivity index (χ3n) is 1.88. The van der Waals surface area contributed by atoms with Crippen LogP contribution in [-0.4, -0.2) is 42.4 Å². The van der Waals surface area contributed by atoms with Crippen molar-refractivity contribution in [2.75, 3.05) is 13.1 Å². The first kappa shape index (κ1) is 18.6. The highest BCUT2D eigenvalue weighted by molar-refractivity contribution is 5.98. The van der Waals surface area contributed by atoms with E-state index in [1.807, 2.05) is 0 Å². The van der Waals surface area contributed by atoms with Crippen molar-refractivity contribution < 1.29 is 23.9 Å². The summed E-state index contributed by atoms with van der Waals surface area (Å²) in [5, 5.41) is 6.72. The molecule has 0 aliphatic heterocycles. The van der Waals surface area contributed by atoms with E-state index >= 15 is 0 Å². The zero-order chi connectivity index (χ0) is 16.6. The lowest BCUT2D eigenvalue weighted by molar-refractivity contribution is -0.154. The van der Waals surface area contributed by atoms with E-state index in [-0.39, 0.29) is 24.7 Å². The van der Waals surface area contributed by atoms with Gasteiger partial charge < -0.3 is 20.7 Å². The number of hydrogen-bond donors (Lipinski definition) is 3. The number of rotatable bonds is 6. The van der Waals surface area contributed by atoms with Crippen LogP contribution in [0.3, 0.4) is 0 Å². The Kier molecular flexibility index (Phi) is 7.12. The van der Waals surface area contributed by atoms with Crippen LogP contribution in [0, 0.1) is 0 Å². The number of carbonyl (C=O) groups is 4. The Morgan fingerprint density at radius 3 is 2.10 bits per heavy atom. The molecule has 0 aliphatic carbocycles. The van der Waals surface area contributed by atoms with Crippen molar-refractivity contribution in [3.63, 3.8) is 0 Å². The van der Waals surface area contributed by atoms with Gasteiger partial charge in [0.25, 0.3) is 5.91 Å². The first-order chi connectivity index (χ1) is 9.51. The molecule has 0 aromatic rings. The summed E-state index contributed by atoms with van der Waals surface area (Å²) < 4.78 is 5.00. The second-order valence-corrected chi connectivity index (χ2v) is 5.21. The van der Waals surface area contributed by atoms with E-state index in [1.165, 1.54) is 6.92 Å². The molecular weight excluding hydrogens is 278 g/mol. The second-order valence-electron chi connectivity index (χ2n) is 5.21. The van der Waals surface area contributed by atoms with Crippen LogP contribution in [0.2, 0.25) is 0 Å². The van der Waals surface area contributed by atoms with Gasteiger partial charge >= 0.3 is 5.97 Å². The standard InChI is InChI=1S/C13H21N3O5/c1-8(16-10(18)6-14-9(2)17)12(20)15-7-11(19)21-13(3,4)5/h1,6-7H2,2-5H3,(H,14,17)(H,15,20)(H,16,18). The molecule has 0 fully saturated rings. The minimum Gasteiger partial charge on any atom is -0.459 e. The van der Waals surface area contributed by atoms with Gasteiger partial charge in [-0.15, -0.1) is 0 Å². The molecule has 0 aromatic carbocycles. The normalized spacial score (nSPS) is 10.3. The van der Waals surface area contributed by atoms with Gasteiger partial charge in [-0.05, 0) is 20.8 Å². The van der Waals surface area contributed by atoms with Crippen molar-refractivity contribution in [1.82, 2.24) is 16.0 Å². The van der Waals surface area contributed by atoms with E-state index in [0.29, 0.717) is 0 Å². The van der Waals surface area contributed by atoms with Crippen LogP contribution in [0.4, 0.5) is 0 Å². The van der Waals surface area contributed by atoms with Crippen molar-refractivity contribution in [2.45, 2.75) is 33.3 Å². The highest BCUT2D eigenvalue weighted by Crippen LogP contribution is 2.06. The Labute approximate surface area is 123 Å². The molecule has 0 bridgehead atoms. The molecule has 0 aromatic heterocycles. The molecule has 0 rings (SSSR count). The van der Waals surface area contributed by atoms with Crippen molar-refractivity contribution in [1.29, 1.82) is 0 Å². The molecule has 0 saturated heterocycles. The Hall–Kier alpha value is -2.38. The molecule has 0 atom stereocenters. The lowest BCUT2D eigenvalue weighted by atomic mass is 10.2. The largest absolute Gasteiger partial charge is 0.459 e. The topological polar surface area (TPSA) is 114 Å². The van der Waals surface area contributed by atoms with Gasteiger partial charge in [0.1, 0.15) is 12.1 Å². The molecule has 3 amide bonds. The maximum absolute atomic E-state index is 11.6. The first-order valence-corrected chi connectivity index (χ1v) is 6.24. The molecule has 118 valence electrons. The van der Waals surface area contributed by atoms with Crippen molar-refractivity contribution >= 4 is 23.7 Å². The summed E-state index contributed by atoms with van der Waals surface area (Å²) in [5.41, 5.74) is -0.875. The van der Waals surface area contributed by atoms with E-state index in [1.54, 1.807) is 20.8 Å². The van der Waals surface area contributed by atoms with Crippen LogP contribution in [-0.2, 0) is 23.9 Å². The van der Waals surface area contributed by atoms with Crippen molar-refractivity contribution in [2.24, 2.45) is 0 Å². The summed E-state index contributed by atoms with van der Waals surface area (Å²) in [5.74, 6) is -2.28. The van der Waals surface area contributed by atoms with Crippen molar-refractivity contribution in [3.8, 4) is 0 Å². The number of carbonyl (C=O) groups excluding carboxylic acids is 4. The number of esters is 1. The minimum absolute atomic E-state index is 0.228. The van der Waals surface area contributed by atoms with Gasteiger partial charge in [0.05, 0.1) is 12.2 Å². The van der Waals surface area contributed by atoms with E-state index in [4.69, 9.17) is 4.74 Å². The molecule has 0 unspecified atom stereocenters. The molecule has 3 N–H and O–H groups in total. The number of hydrogen-bond acceptors (Lipinski definition) is 5. The SMILES string of the molecule is C=C(NC(=O)CNC(C)=O)C(=O)NCC(=O)OC(C)(C)C. The average molecular weight is 299 g/mol. The third-order valence-corrected chi connectivity index (χ3v) is 1.88. The summed E-state index contributed by atoms with van der Waals surface area (Å²) in [6.07, 6.45) is 0. The smallest absolute Gasteiger partial charge is 0.325 e. The molecule has 8 nitrogen and oxygen atoms in total. The first-order valence-electron chi connectivity index (χ1n) is 6.24. The number of ether oxygens (including phenoxy) is 1. The lowest BCUT2D eigenvalue weighted by Crippen LogP contribution is -2.41. The fourth-order valence-corrected chi connectivity index (χ4v) is 1.11. The quantitative estimate of drug-likeness (QED) is 0.439. The van der Waals surface area contributed by atoms with Gasteiger partial charge in [0.15, 0.2) is 0 Å². The summed E-state index contributed by atoms with van der Waals surface area (Å²) >= 11 is 0. The van der Waals surface area contributed by atoms with Crippen LogP contribution in [0.25, 0.3) is 0 Å². The zero-order valence-corrected chi connectivity index (χ0v) is 12.7. The van der Waals surface area contributed by atoms with E-state index in [2.05, 4.69) is 22.5 Å². The van der Waals surface area contributed by atoms with Gasteiger partial charge in [-0.1, -0.05) is 6.58 Å². The third kappa shape index (κ3) is 10.1. The van der Waals surface area contributed by atoms with Crippen LogP contribution >= 0.6 is 0 Å². The van der Waals surface area contributed by atoms with Crippen LogP contribution in [0.15, 0.2) is 12.3 Å². The maximum Gasteiger partial charge on any atom is 0.325 e. The zero-order valence-electron chi connectivity index (χ0n) is 12.7. The number of amides is 3. The molecule has 8 heteroatoms. The van der Waals surface area contributed by atoms with Gasteiger partial charge in [0, 0.05) is 6.92 Å². The molecule has 0 spiro atoms. The van der Waals surface area contributed by atoms with E-state index in [9.17, 15) is 19.2 Å². The average Bonchev–Trinajstić information content (AvgIpc) is 2.31. The lowest BCUT2D eigenvalue weighted by Gasteiger charge is -2.19. The van der Waals surface area contributed by atoms with E-state index in [0.717, 1.165) is 0 Å². The van der Waals surface area contributed by atoms with Crippen LogP contribution in [0.1, 0.15) is 27.7 Å². The molecule has 0 saturated carbocycles. The number of nitrogens with one attached hydrogen (secondary N) is 3. The Morgan fingerprint density at radius 2 is 1.62 bits per heavy atom. The predicted molar refractivity (Wildman–Crippen MR) is 74.8 cm³/mol. The summed E-state index contributed by atoms with van der Waals surface area (Å²) in [7, 11) is 0. The Morgan fingerprint density at radius 1 is 1.05 bits per heavy atom. The highest BCUT2D eigenvalue weighted by Gasteiger charge is 2.17. The predicted octanol–water partition coefficient (Wildman–Crippen LogP) is -0.790. The minimum atomic E-state index is -0.711. The monoisotopic (exact) mass is 299 g/mol. The van der Waals surface area contributed by atoms with Crippen LogP contribution in [0.5, 0.6) is 0 Å². The fourth-order valence-electron chi connectivity index (χ4n) is 1.11. The second kappa shape index (κ2) is 8.03. The van der Waals surface area contributed by atoms with Gasteiger partial charge in [-0.3, -0.25) is 19.2 Å². The highest BCUT2D eigenvalue weighted by atomic mass is 16.6. The molecule has 0 radical (unpaired) electrons. The van der Waals surface area contributed by atoms with E-state index < -0.39 is 23.4 Å².